The van der Waals surface area contributed by atoms with Crippen LogP contribution in [0.3, 0.4) is 0 Å². The number of ether oxygens (including phenoxy) is 6. The maximum absolute atomic E-state index is 14.8. The lowest BCUT2D eigenvalue weighted by Crippen LogP contribution is -2.70. The molecule has 12 nitrogen and oxygen atoms in total. The Morgan fingerprint density at radius 3 is 2.45 bits per heavy atom. The van der Waals surface area contributed by atoms with Crippen LogP contribution in [0.2, 0.25) is 0 Å². The van der Waals surface area contributed by atoms with Crippen molar-refractivity contribution in [2.24, 2.45) is 22.9 Å². The monoisotopic (exact) mass is 876 g/mol. The summed E-state index contributed by atoms with van der Waals surface area (Å²) in [5, 5.41) is 24.8. The maximum atomic E-state index is 14.8. The highest BCUT2D eigenvalue weighted by molar-refractivity contribution is 6.03. The van der Waals surface area contributed by atoms with Crippen molar-refractivity contribution in [3.63, 3.8) is 0 Å². The number of aliphatic hydroxyl groups is 2. The predicted octanol–water partition coefficient (Wildman–Crippen LogP) is 9.24. The van der Waals surface area contributed by atoms with Crippen molar-refractivity contribution in [2.75, 3.05) is 33.7 Å². The summed E-state index contributed by atoms with van der Waals surface area (Å²) in [7, 11) is 1.36. The molecule has 1 amide bonds. The van der Waals surface area contributed by atoms with Crippen LogP contribution in [-0.4, -0.2) is 72.5 Å². The molecule has 1 fully saturated rings. The zero-order valence-corrected chi connectivity index (χ0v) is 36.2. The molecule has 13 heteroatoms. The Hall–Kier alpha value is -5.89. The summed E-state index contributed by atoms with van der Waals surface area (Å²) >= 11 is 0. The molecule has 0 unspecified atom stereocenters. The number of allylic oxidation sites excluding steroid dienone is 1. The smallest absolute Gasteiger partial charge is 0.410 e. The molecule has 1 saturated carbocycles. The summed E-state index contributed by atoms with van der Waals surface area (Å²) in [4.78, 5) is 22.2. The van der Waals surface area contributed by atoms with Crippen LogP contribution < -0.4 is 18.9 Å². The van der Waals surface area contributed by atoms with Crippen molar-refractivity contribution < 1.29 is 52.7 Å². The van der Waals surface area contributed by atoms with Gasteiger partial charge in [-0.05, 0) is 90.6 Å². The molecule has 8 rings (SSSR count). The molecule has 0 radical (unpaired) electrons. The molecule has 2 heterocycles. The van der Waals surface area contributed by atoms with Crippen LogP contribution >= 0.6 is 0 Å². The fourth-order valence-electron chi connectivity index (χ4n) is 9.93. The first-order valence-electron chi connectivity index (χ1n) is 22.2. The molecule has 0 bridgehead atoms. The van der Waals surface area contributed by atoms with Gasteiger partial charge in [-0.2, -0.15) is 0 Å². The number of amides is 1. The number of unbranched alkanes of at least 4 members (excludes halogenated alkanes) is 2. The van der Waals surface area contributed by atoms with Crippen LogP contribution in [0.4, 0.5) is 9.18 Å². The van der Waals surface area contributed by atoms with Crippen LogP contribution in [0.1, 0.15) is 73.1 Å². The molecule has 64 heavy (non-hydrogen) atoms. The number of hydrogen-bond donors (Lipinski definition) is 2. The molecular weight excluding hydrogens is 820 g/mol. The zero-order chi connectivity index (χ0) is 44.5. The summed E-state index contributed by atoms with van der Waals surface area (Å²) in [5.74, 6) is -0.416. The summed E-state index contributed by atoms with van der Waals surface area (Å²) in [6, 6.07) is 26.8. The number of benzene rings is 4. The van der Waals surface area contributed by atoms with E-state index in [-0.39, 0.29) is 76.4 Å². The third kappa shape index (κ3) is 9.47. The Bertz CT molecular complexity index is 2300. The van der Waals surface area contributed by atoms with E-state index in [0.717, 1.165) is 47.9 Å². The molecule has 4 aromatic carbocycles. The van der Waals surface area contributed by atoms with Gasteiger partial charge in [-0.15, -0.1) is 6.58 Å². The van der Waals surface area contributed by atoms with Crippen LogP contribution in [0.25, 0.3) is 0 Å². The van der Waals surface area contributed by atoms with Gasteiger partial charge in [-0.1, -0.05) is 84.7 Å². The second kappa shape index (κ2) is 20.7. The number of rotatable bonds is 20. The highest BCUT2D eigenvalue weighted by atomic mass is 19.1. The van der Waals surface area contributed by atoms with Gasteiger partial charge in [-0.3, -0.25) is 4.90 Å². The predicted molar refractivity (Wildman–Crippen MR) is 237 cm³/mol. The number of carbonyl (C=O) groups is 1. The molecule has 6 atom stereocenters. The zero-order valence-electron chi connectivity index (χ0n) is 36.2. The summed E-state index contributed by atoms with van der Waals surface area (Å²) in [6.07, 6.45) is 7.91. The third-order valence-corrected chi connectivity index (χ3v) is 12.8. The van der Waals surface area contributed by atoms with Crippen molar-refractivity contribution in [3.05, 3.63) is 143 Å². The molecule has 338 valence electrons. The molecule has 4 aromatic rings. The Labute approximate surface area is 373 Å². The second-order valence-corrected chi connectivity index (χ2v) is 16.7. The molecule has 2 aliphatic carbocycles. The van der Waals surface area contributed by atoms with Crippen molar-refractivity contribution in [1.82, 2.24) is 4.90 Å². The number of aliphatic hydroxyl groups excluding tert-OH is 2. The summed E-state index contributed by atoms with van der Waals surface area (Å²) < 4.78 is 52.4. The van der Waals surface area contributed by atoms with Gasteiger partial charge in [0.05, 0.1) is 25.3 Å². The number of methoxy groups -OCH3 is 1. The fraction of sp³-hybridized carbons (Fsp3) is 0.412. The van der Waals surface area contributed by atoms with Crippen molar-refractivity contribution in [2.45, 2.75) is 82.5 Å². The molecule has 4 aliphatic rings. The lowest BCUT2D eigenvalue weighted by atomic mass is 9.55. The van der Waals surface area contributed by atoms with Crippen LogP contribution in [0, 0.1) is 23.6 Å². The van der Waals surface area contributed by atoms with E-state index < -0.39 is 23.8 Å². The normalized spacial score (nSPS) is 23.3. The van der Waals surface area contributed by atoms with E-state index in [0.29, 0.717) is 47.1 Å². The van der Waals surface area contributed by atoms with E-state index in [9.17, 15) is 19.4 Å². The maximum Gasteiger partial charge on any atom is 0.410 e. The first-order valence-corrected chi connectivity index (χ1v) is 22.2. The standard InChI is InChI=1S/C51H57FN2O10/c1-3-25-62-51-47(54(50(57)58-2)30-35-19-21-45-46(26-35)61-33-60-45)29-43(53-63-31-34-13-5-4-6-14-34)40-27-36(15-9-11-23-55)39(17-10-12-24-56)48(49(40)51)41-28-38(20-22-44(41)64-51)59-32-37-16-7-8-18-42(37)52/h3-8,13-14,16,18-22,26-28,36,39,47-49,55-56H,1,9-12,15,17,23-25,29-33H2,2H3/t36-,39+,47-,48+,49+,51+/m0/s1. The minimum atomic E-state index is -1.51. The Morgan fingerprint density at radius 1 is 0.906 bits per heavy atom. The minimum absolute atomic E-state index is 0.0131. The lowest BCUT2D eigenvalue weighted by molar-refractivity contribution is -0.256. The van der Waals surface area contributed by atoms with Gasteiger partial charge in [0.15, 0.2) is 11.5 Å². The molecule has 0 spiro atoms. The van der Waals surface area contributed by atoms with E-state index in [1.54, 1.807) is 29.2 Å². The van der Waals surface area contributed by atoms with E-state index in [1.165, 1.54) is 13.2 Å². The quantitative estimate of drug-likeness (QED) is 0.0502. The number of nitrogens with zero attached hydrogens (tertiary/aromatic N) is 2. The average Bonchev–Trinajstić information content (AvgIpc) is 3.79. The lowest BCUT2D eigenvalue weighted by Gasteiger charge is -2.59. The summed E-state index contributed by atoms with van der Waals surface area (Å²) in [6.45, 7) is 4.71. The van der Waals surface area contributed by atoms with E-state index in [2.05, 4.69) is 12.7 Å². The Balaban J connectivity index is 1.31. The Kier molecular flexibility index (Phi) is 14.5. The SMILES string of the molecule is C=CCO[C@@]12Oc3ccc(OCc4ccccc4F)cc3[C@H]3[C@H](CCCCO)[C@@H](CCCCO)C=C(C(=NOCc4ccccc4)C[C@@H]1N(Cc1ccc4c(c1)OCO4)C(=O)OC)[C@H]32. The summed E-state index contributed by atoms with van der Waals surface area (Å²) in [5.41, 5.74) is 4.56. The second-order valence-electron chi connectivity index (χ2n) is 16.7. The van der Waals surface area contributed by atoms with Crippen LogP contribution in [-0.2, 0) is 34.1 Å². The molecule has 0 saturated heterocycles. The van der Waals surface area contributed by atoms with Crippen molar-refractivity contribution in [3.8, 4) is 23.0 Å². The van der Waals surface area contributed by atoms with Crippen molar-refractivity contribution >= 4 is 11.8 Å². The number of halogens is 1. The van der Waals surface area contributed by atoms with E-state index >= 15 is 0 Å². The minimum Gasteiger partial charge on any atom is -0.489 e. The van der Waals surface area contributed by atoms with Crippen molar-refractivity contribution in [1.29, 1.82) is 0 Å². The number of carbonyl (C=O) groups excluding carboxylic acids is 1. The molecule has 0 aromatic heterocycles. The van der Waals surface area contributed by atoms with Crippen LogP contribution in [0.5, 0.6) is 23.0 Å². The van der Waals surface area contributed by atoms with E-state index in [4.69, 9.17) is 38.4 Å². The highest BCUT2D eigenvalue weighted by Gasteiger charge is 2.65. The van der Waals surface area contributed by atoms with Gasteiger partial charge in [0.2, 0.25) is 12.6 Å². The highest BCUT2D eigenvalue weighted by Crippen LogP contribution is 2.62. The first-order chi connectivity index (χ1) is 31.4. The largest absolute Gasteiger partial charge is 0.489 e. The van der Waals surface area contributed by atoms with E-state index in [1.807, 2.05) is 66.7 Å². The van der Waals surface area contributed by atoms with Gasteiger partial charge in [0, 0.05) is 43.2 Å². The third-order valence-electron chi connectivity index (χ3n) is 12.8. The van der Waals surface area contributed by atoms with Gasteiger partial charge in [0.25, 0.3) is 0 Å². The van der Waals surface area contributed by atoms with Gasteiger partial charge in [-0.25, -0.2) is 9.18 Å². The Morgan fingerprint density at radius 2 is 1.67 bits per heavy atom. The number of hydrogen-bond acceptors (Lipinski definition) is 11. The first kappa shape index (κ1) is 44.7. The molecular formula is C51H57FN2O10. The fourth-order valence-corrected chi connectivity index (χ4v) is 9.93. The topological polar surface area (TPSA) is 138 Å². The average molecular weight is 877 g/mol. The van der Waals surface area contributed by atoms with Gasteiger partial charge in [0.1, 0.15) is 36.6 Å². The number of oxime groups is 1. The van der Waals surface area contributed by atoms with Gasteiger partial charge < -0.3 is 43.5 Å². The van der Waals surface area contributed by atoms with Crippen LogP contribution in [0.15, 0.2) is 120 Å². The number of fused-ring (bicyclic) bond motifs is 3. The van der Waals surface area contributed by atoms with Gasteiger partial charge >= 0.3 is 6.09 Å². The molecule has 2 aliphatic heterocycles. The molecule has 2 N–H and O–H groups in total.